The third-order valence-electron chi connectivity index (χ3n) is 4.57. The van der Waals surface area contributed by atoms with Gasteiger partial charge in [-0.1, -0.05) is 38.1 Å². The highest BCUT2D eigenvalue weighted by molar-refractivity contribution is 5.83. The first-order chi connectivity index (χ1) is 14.0. The van der Waals surface area contributed by atoms with Crippen molar-refractivity contribution >= 4 is 34.6 Å². The Morgan fingerprint density at radius 1 is 0.931 bits per heavy atom. The fourth-order valence-corrected chi connectivity index (χ4v) is 3.13. The topological polar surface area (TPSA) is 129 Å². The molecule has 0 saturated carbocycles. The number of aryl methyl sites for hydroxylation is 1. The summed E-state index contributed by atoms with van der Waals surface area (Å²) in [6, 6.07) is 13.7. The minimum Gasteiger partial charge on any atom is -0.436 e. The summed E-state index contributed by atoms with van der Waals surface area (Å²) >= 11 is 0. The van der Waals surface area contributed by atoms with Crippen LogP contribution in [0.5, 0.6) is 0 Å². The number of hydrogen-bond acceptors (Lipinski definition) is 8. The number of hydrogen-bond donors (Lipinski definition) is 3. The molecule has 8 heteroatoms. The van der Waals surface area contributed by atoms with Crippen LogP contribution in [0.3, 0.4) is 0 Å². The molecular formula is C21H23N7O. The summed E-state index contributed by atoms with van der Waals surface area (Å²) in [5, 5.41) is 3.13. The first kappa shape index (κ1) is 18.7. The number of fused-ring (bicyclic) bond motifs is 1. The van der Waals surface area contributed by atoms with Crippen LogP contribution in [0.25, 0.3) is 22.6 Å². The lowest BCUT2D eigenvalue weighted by molar-refractivity contribution is 0.587. The zero-order valence-corrected chi connectivity index (χ0v) is 16.4. The van der Waals surface area contributed by atoms with Gasteiger partial charge in [-0.3, -0.25) is 0 Å². The second kappa shape index (κ2) is 7.75. The molecule has 0 unspecified atom stereocenters. The predicted octanol–water partition coefficient (Wildman–Crippen LogP) is 4.18. The largest absolute Gasteiger partial charge is 0.436 e. The van der Waals surface area contributed by atoms with Crippen LogP contribution < -0.4 is 16.8 Å². The molecule has 0 aliphatic rings. The molecule has 148 valence electrons. The first-order valence-electron chi connectivity index (χ1n) is 9.51. The number of nitrogens with two attached hydrogens (primary N) is 2. The Hall–Kier alpha value is -3.68. The molecule has 2 aromatic heterocycles. The molecule has 5 N–H and O–H groups in total. The summed E-state index contributed by atoms with van der Waals surface area (Å²) in [5.74, 6) is 1.51. The van der Waals surface area contributed by atoms with Gasteiger partial charge in [-0.15, -0.1) is 0 Å². The third kappa shape index (κ3) is 4.11. The second-order valence-corrected chi connectivity index (χ2v) is 7.26. The number of benzene rings is 2. The molecule has 0 fully saturated rings. The summed E-state index contributed by atoms with van der Waals surface area (Å²) in [7, 11) is 0. The summed E-state index contributed by atoms with van der Waals surface area (Å²) < 4.78 is 6.07. The van der Waals surface area contributed by atoms with E-state index in [1.165, 1.54) is 5.56 Å². The van der Waals surface area contributed by atoms with Gasteiger partial charge in [-0.2, -0.15) is 15.0 Å². The maximum Gasteiger partial charge on any atom is 0.233 e. The SMILES string of the molecule is CC(C)CCc1cccc2oc(-c3ccccc3Nc3nc(N)nc(N)n3)nc12. The van der Waals surface area contributed by atoms with E-state index in [4.69, 9.17) is 20.9 Å². The highest BCUT2D eigenvalue weighted by Gasteiger charge is 2.15. The Morgan fingerprint density at radius 3 is 2.45 bits per heavy atom. The van der Waals surface area contributed by atoms with Gasteiger partial charge in [0.25, 0.3) is 0 Å². The van der Waals surface area contributed by atoms with Crippen molar-refractivity contribution < 1.29 is 4.42 Å². The Kier molecular flexibility index (Phi) is 4.99. The number of nitrogen functional groups attached to an aromatic ring is 2. The third-order valence-corrected chi connectivity index (χ3v) is 4.57. The average Bonchev–Trinajstić information content (AvgIpc) is 3.10. The molecular weight excluding hydrogens is 366 g/mol. The molecule has 8 nitrogen and oxygen atoms in total. The van der Waals surface area contributed by atoms with Gasteiger partial charge >= 0.3 is 0 Å². The van der Waals surface area contributed by atoms with Crippen molar-refractivity contribution in [2.24, 2.45) is 5.92 Å². The number of nitrogens with one attached hydrogen (secondary N) is 1. The van der Waals surface area contributed by atoms with Crippen molar-refractivity contribution in [2.45, 2.75) is 26.7 Å². The standard InChI is InChI=1S/C21H23N7O/c1-12(2)10-11-13-6-5-9-16-17(13)25-18(29-16)14-7-3-4-8-15(14)24-21-27-19(22)26-20(23)28-21/h3-9,12H,10-11H2,1-2H3,(H5,22,23,24,26,27,28). The van der Waals surface area contributed by atoms with Gasteiger partial charge < -0.3 is 21.2 Å². The van der Waals surface area contributed by atoms with E-state index in [0.29, 0.717) is 11.8 Å². The highest BCUT2D eigenvalue weighted by atomic mass is 16.3. The Balaban J connectivity index is 1.72. The van der Waals surface area contributed by atoms with E-state index in [-0.39, 0.29) is 17.8 Å². The van der Waals surface area contributed by atoms with Gasteiger partial charge in [0.15, 0.2) is 5.58 Å². The fourth-order valence-electron chi connectivity index (χ4n) is 3.13. The second-order valence-electron chi connectivity index (χ2n) is 7.26. The summed E-state index contributed by atoms with van der Waals surface area (Å²) in [6.07, 6.45) is 2.06. The average molecular weight is 389 g/mol. The van der Waals surface area contributed by atoms with E-state index in [1.54, 1.807) is 0 Å². The smallest absolute Gasteiger partial charge is 0.233 e. The molecule has 0 saturated heterocycles. The molecule has 0 spiro atoms. The van der Waals surface area contributed by atoms with Crippen LogP contribution in [0.15, 0.2) is 46.9 Å². The number of nitrogens with zero attached hydrogens (tertiary/aromatic N) is 4. The van der Waals surface area contributed by atoms with Crippen LogP contribution in [0.4, 0.5) is 23.5 Å². The van der Waals surface area contributed by atoms with Gasteiger partial charge in [0.2, 0.25) is 23.7 Å². The maximum absolute atomic E-state index is 6.07. The minimum absolute atomic E-state index is 0.0501. The van der Waals surface area contributed by atoms with Gasteiger partial charge in [0.1, 0.15) is 5.52 Å². The molecule has 4 aromatic rings. The summed E-state index contributed by atoms with van der Waals surface area (Å²) in [5.41, 5.74) is 15.7. The number of aromatic nitrogens is 4. The first-order valence-corrected chi connectivity index (χ1v) is 9.51. The van der Waals surface area contributed by atoms with Crippen LogP contribution in [-0.4, -0.2) is 19.9 Å². The molecule has 4 rings (SSSR count). The zero-order valence-electron chi connectivity index (χ0n) is 16.4. The Labute approximate surface area is 168 Å². The molecule has 0 radical (unpaired) electrons. The van der Waals surface area contributed by atoms with E-state index in [2.05, 4.69) is 40.2 Å². The molecule has 0 bridgehead atoms. The molecule has 2 aromatic carbocycles. The molecule has 0 aliphatic carbocycles. The molecule has 2 heterocycles. The quantitative estimate of drug-likeness (QED) is 0.448. The number of oxazole rings is 1. The van der Waals surface area contributed by atoms with E-state index >= 15 is 0 Å². The van der Waals surface area contributed by atoms with Crippen molar-refractivity contribution in [2.75, 3.05) is 16.8 Å². The normalized spacial score (nSPS) is 11.3. The lowest BCUT2D eigenvalue weighted by Crippen LogP contribution is -2.06. The van der Waals surface area contributed by atoms with Gasteiger partial charge in [-0.05, 0) is 42.5 Å². The number of rotatable bonds is 6. The monoisotopic (exact) mass is 389 g/mol. The molecule has 0 atom stereocenters. The molecule has 29 heavy (non-hydrogen) atoms. The molecule has 0 aliphatic heterocycles. The summed E-state index contributed by atoms with van der Waals surface area (Å²) in [6.45, 7) is 4.44. The van der Waals surface area contributed by atoms with E-state index < -0.39 is 0 Å². The van der Waals surface area contributed by atoms with Crippen LogP contribution in [0.2, 0.25) is 0 Å². The van der Waals surface area contributed by atoms with Crippen LogP contribution in [-0.2, 0) is 6.42 Å². The van der Waals surface area contributed by atoms with Crippen molar-refractivity contribution in [3.8, 4) is 11.5 Å². The number of anilines is 4. The Morgan fingerprint density at radius 2 is 1.69 bits per heavy atom. The van der Waals surface area contributed by atoms with Crippen molar-refractivity contribution in [1.29, 1.82) is 0 Å². The van der Waals surface area contributed by atoms with Crippen molar-refractivity contribution in [3.63, 3.8) is 0 Å². The zero-order chi connectivity index (χ0) is 20.4. The van der Waals surface area contributed by atoms with Gasteiger partial charge in [-0.25, -0.2) is 4.98 Å². The fraction of sp³-hybridized carbons (Fsp3) is 0.238. The lowest BCUT2D eigenvalue weighted by atomic mass is 10.0. The summed E-state index contributed by atoms with van der Waals surface area (Å²) in [4.78, 5) is 16.7. The van der Waals surface area contributed by atoms with E-state index in [1.807, 2.05) is 36.4 Å². The van der Waals surface area contributed by atoms with Gasteiger partial charge in [0.05, 0.1) is 11.3 Å². The van der Waals surface area contributed by atoms with Crippen molar-refractivity contribution in [1.82, 2.24) is 19.9 Å². The predicted molar refractivity (Wildman–Crippen MR) is 115 cm³/mol. The number of para-hydroxylation sites is 2. The minimum atomic E-state index is 0.0501. The van der Waals surface area contributed by atoms with Crippen LogP contribution in [0.1, 0.15) is 25.8 Å². The van der Waals surface area contributed by atoms with Crippen LogP contribution >= 0.6 is 0 Å². The highest BCUT2D eigenvalue weighted by Crippen LogP contribution is 2.32. The van der Waals surface area contributed by atoms with Crippen molar-refractivity contribution in [3.05, 3.63) is 48.0 Å². The lowest BCUT2D eigenvalue weighted by Gasteiger charge is -2.09. The van der Waals surface area contributed by atoms with Crippen LogP contribution in [0, 0.1) is 5.92 Å². The maximum atomic E-state index is 6.07. The van der Waals surface area contributed by atoms with Gasteiger partial charge in [0, 0.05) is 0 Å². The van der Waals surface area contributed by atoms with E-state index in [9.17, 15) is 0 Å². The van der Waals surface area contributed by atoms with E-state index in [0.717, 1.165) is 35.2 Å². The Bertz CT molecular complexity index is 1130. The molecule has 0 amide bonds.